The zero-order chi connectivity index (χ0) is 23.7. The maximum Gasteiger partial charge on any atom is 0.282 e. The third kappa shape index (κ3) is 3.98. The van der Waals surface area contributed by atoms with Crippen LogP contribution in [0, 0.1) is 6.92 Å². The fraction of sp³-hybridized carbons (Fsp3) is 0.241. The molecule has 1 saturated heterocycles. The zero-order valence-corrected chi connectivity index (χ0v) is 19.7. The quantitative estimate of drug-likeness (QED) is 0.529. The van der Waals surface area contributed by atoms with Crippen LogP contribution in [-0.2, 0) is 16.0 Å². The summed E-state index contributed by atoms with van der Waals surface area (Å²) in [4.78, 5) is 33.2. The van der Waals surface area contributed by atoms with Gasteiger partial charge < -0.3 is 9.80 Å². The summed E-state index contributed by atoms with van der Waals surface area (Å²) < 4.78 is 0. The topological polar surface area (TPSA) is 43.9 Å². The van der Waals surface area contributed by atoms with Crippen molar-refractivity contribution in [2.75, 3.05) is 36.0 Å². The van der Waals surface area contributed by atoms with Crippen molar-refractivity contribution in [2.45, 2.75) is 20.3 Å². The fourth-order valence-corrected chi connectivity index (χ4v) is 4.80. The van der Waals surface area contributed by atoms with E-state index in [9.17, 15) is 9.59 Å². The van der Waals surface area contributed by atoms with Gasteiger partial charge in [0.2, 0.25) is 0 Å². The number of hydrogen-bond donors (Lipinski definition) is 0. The Balaban J connectivity index is 1.47. The molecule has 1 fully saturated rings. The number of carbonyl (C=O) groups is 2. The second kappa shape index (κ2) is 9.18. The molecule has 0 aromatic heterocycles. The van der Waals surface area contributed by atoms with Crippen LogP contribution in [0.25, 0.3) is 5.57 Å². The first-order valence-electron chi connectivity index (χ1n) is 11.9. The van der Waals surface area contributed by atoms with Crippen molar-refractivity contribution in [3.8, 4) is 0 Å². The molecule has 3 aromatic rings. The first-order valence-corrected chi connectivity index (χ1v) is 11.9. The highest BCUT2D eigenvalue weighted by Gasteiger charge is 2.43. The standard InChI is InChI=1S/C29H29N3O2/c1-3-22-12-14-24(15-13-22)32-28(33)26(23-9-5-4-6-10-23)27(29(32)34)31-18-16-30(17-19-31)25-11-7-8-21(2)20-25/h4-15,20H,3,16-19H2,1-2H3. The van der Waals surface area contributed by atoms with E-state index in [0.717, 1.165) is 25.1 Å². The molecule has 3 aromatic carbocycles. The lowest BCUT2D eigenvalue weighted by atomic mass is 10.0. The number of imide groups is 1. The van der Waals surface area contributed by atoms with Crippen molar-refractivity contribution >= 4 is 28.8 Å². The number of rotatable bonds is 5. The van der Waals surface area contributed by atoms with Crippen LogP contribution >= 0.6 is 0 Å². The number of amides is 2. The molecule has 2 heterocycles. The van der Waals surface area contributed by atoms with E-state index >= 15 is 0 Å². The molecule has 0 spiro atoms. The molecule has 5 rings (SSSR count). The molecule has 0 radical (unpaired) electrons. The van der Waals surface area contributed by atoms with Gasteiger partial charge in [-0.25, -0.2) is 4.90 Å². The molecule has 0 aliphatic carbocycles. The Morgan fingerprint density at radius 2 is 1.38 bits per heavy atom. The van der Waals surface area contributed by atoms with Gasteiger partial charge in [-0.3, -0.25) is 9.59 Å². The molecule has 5 heteroatoms. The van der Waals surface area contributed by atoms with Gasteiger partial charge in [0.1, 0.15) is 5.70 Å². The van der Waals surface area contributed by atoms with Crippen molar-refractivity contribution < 1.29 is 9.59 Å². The van der Waals surface area contributed by atoms with Crippen molar-refractivity contribution in [1.29, 1.82) is 0 Å². The first kappa shape index (κ1) is 22.0. The molecule has 0 unspecified atom stereocenters. The summed E-state index contributed by atoms with van der Waals surface area (Å²) in [5.41, 5.74) is 6.01. The van der Waals surface area contributed by atoms with Gasteiger partial charge >= 0.3 is 0 Å². The smallest absolute Gasteiger partial charge is 0.282 e. The molecule has 172 valence electrons. The Labute approximate surface area is 200 Å². The van der Waals surface area contributed by atoms with E-state index in [4.69, 9.17) is 0 Å². The van der Waals surface area contributed by atoms with Crippen LogP contribution in [0.3, 0.4) is 0 Å². The minimum Gasteiger partial charge on any atom is -0.368 e. The molecule has 5 nitrogen and oxygen atoms in total. The Bertz CT molecular complexity index is 1240. The van der Waals surface area contributed by atoms with Gasteiger partial charge in [-0.05, 0) is 54.3 Å². The van der Waals surface area contributed by atoms with Gasteiger partial charge in [0.05, 0.1) is 11.3 Å². The molecule has 0 saturated carbocycles. The van der Waals surface area contributed by atoms with Gasteiger partial charge in [0.25, 0.3) is 11.8 Å². The maximum atomic E-state index is 13.7. The summed E-state index contributed by atoms with van der Waals surface area (Å²) in [5, 5.41) is 0. The third-order valence-electron chi connectivity index (χ3n) is 6.69. The molecule has 0 atom stereocenters. The number of anilines is 2. The molecule has 2 aliphatic heterocycles. The van der Waals surface area contributed by atoms with Crippen LogP contribution in [0.1, 0.15) is 23.6 Å². The van der Waals surface area contributed by atoms with E-state index in [-0.39, 0.29) is 11.8 Å². The summed E-state index contributed by atoms with van der Waals surface area (Å²) in [6, 6.07) is 25.8. The van der Waals surface area contributed by atoms with Gasteiger partial charge in [-0.15, -0.1) is 0 Å². The molecule has 34 heavy (non-hydrogen) atoms. The minimum absolute atomic E-state index is 0.239. The molecule has 0 bridgehead atoms. The highest BCUT2D eigenvalue weighted by atomic mass is 16.2. The van der Waals surface area contributed by atoms with Crippen LogP contribution in [0.4, 0.5) is 11.4 Å². The summed E-state index contributed by atoms with van der Waals surface area (Å²) in [6.45, 7) is 7.14. The second-order valence-electron chi connectivity index (χ2n) is 8.87. The van der Waals surface area contributed by atoms with Crippen LogP contribution in [0.2, 0.25) is 0 Å². The summed E-state index contributed by atoms with van der Waals surface area (Å²) in [5.74, 6) is -0.492. The Morgan fingerprint density at radius 1 is 0.706 bits per heavy atom. The van der Waals surface area contributed by atoms with Crippen LogP contribution < -0.4 is 9.80 Å². The lowest BCUT2D eigenvalue weighted by Crippen LogP contribution is -2.47. The van der Waals surface area contributed by atoms with E-state index in [1.54, 1.807) is 0 Å². The molecular weight excluding hydrogens is 422 g/mol. The van der Waals surface area contributed by atoms with Crippen molar-refractivity contribution in [1.82, 2.24) is 4.90 Å². The van der Waals surface area contributed by atoms with E-state index < -0.39 is 0 Å². The number of hydrogen-bond acceptors (Lipinski definition) is 4. The Kier molecular flexibility index (Phi) is 5.93. The number of piperazine rings is 1. The first-order chi connectivity index (χ1) is 16.6. The maximum absolute atomic E-state index is 13.7. The third-order valence-corrected chi connectivity index (χ3v) is 6.69. The fourth-order valence-electron chi connectivity index (χ4n) is 4.80. The Morgan fingerprint density at radius 3 is 2.03 bits per heavy atom. The van der Waals surface area contributed by atoms with Crippen LogP contribution in [-0.4, -0.2) is 42.9 Å². The van der Waals surface area contributed by atoms with Crippen molar-refractivity contribution in [3.63, 3.8) is 0 Å². The average molecular weight is 452 g/mol. The monoisotopic (exact) mass is 451 g/mol. The van der Waals surface area contributed by atoms with Gasteiger partial charge in [0.15, 0.2) is 0 Å². The van der Waals surface area contributed by atoms with E-state index in [2.05, 4.69) is 47.9 Å². The SMILES string of the molecule is CCc1ccc(N2C(=O)C(c3ccccc3)=C(N3CCN(c4cccc(C)c4)CC3)C2=O)cc1. The van der Waals surface area contributed by atoms with Crippen molar-refractivity contribution in [2.24, 2.45) is 0 Å². The van der Waals surface area contributed by atoms with Crippen molar-refractivity contribution in [3.05, 3.63) is 101 Å². The van der Waals surface area contributed by atoms with Gasteiger partial charge in [-0.1, -0.05) is 61.5 Å². The zero-order valence-electron chi connectivity index (χ0n) is 19.7. The number of aryl methyl sites for hydroxylation is 2. The highest BCUT2D eigenvalue weighted by molar-refractivity contribution is 6.45. The summed E-state index contributed by atoms with van der Waals surface area (Å²) in [7, 11) is 0. The number of carbonyl (C=O) groups excluding carboxylic acids is 2. The molecule has 2 aliphatic rings. The summed E-state index contributed by atoms with van der Waals surface area (Å²) in [6.07, 6.45) is 0.909. The highest BCUT2D eigenvalue weighted by Crippen LogP contribution is 2.35. The number of benzene rings is 3. The second-order valence-corrected chi connectivity index (χ2v) is 8.87. The van der Waals surface area contributed by atoms with Crippen LogP contribution in [0.15, 0.2) is 84.6 Å². The van der Waals surface area contributed by atoms with Crippen LogP contribution in [0.5, 0.6) is 0 Å². The molecule has 2 amide bonds. The predicted molar refractivity (Wildman–Crippen MR) is 137 cm³/mol. The minimum atomic E-state index is -0.253. The van der Waals surface area contributed by atoms with E-state index in [0.29, 0.717) is 30.0 Å². The number of nitrogens with zero attached hydrogens (tertiary/aromatic N) is 3. The summed E-state index contributed by atoms with van der Waals surface area (Å²) >= 11 is 0. The van der Waals surface area contributed by atoms with E-state index in [1.807, 2.05) is 54.6 Å². The predicted octanol–water partition coefficient (Wildman–Crippen LogP) is 4.66. The lowest BCUT2D eigenvalue weighted by molar-refractivity contribution is -0.120. The molecular formula is C29H29N3O2. The normalized spacial score (nSPS) is 16.6. The Hall–Kier alpha value is -3.86. The molecule has 0 N–H and O–H groups in total. The largest absolute Gasteiger partial charge is 0.368 e. The lowest BCUT2D eigenvalue weighted by Gasteiger charge is -2.37. The van der Waals surface area contributed by atoms with Gasteiger partial charge in [0, 0.05) is 31.9 Å². The van der Waals surface area contributed by atoms with Gasteiger partial charge in [-0.2, -0.15) is 0 Å². The van der Waals surface area contributed by atoms with E-state index in [1.165, 1.54) is 21.7 Å². The average Bonchev–Trinajstić information content (AvgIpc) is 3.14.